The van der Waals surface area contributed by atoms with Gasteiger partial charge in [0.15, 0.2) is 0 Å². The molecule has 4 rings (SSSR count). The highest BCUT2D eigenvalue weighted by Gasteiger charge is 2.44. The number of fused-ring (bicyclic) bond motifs is 2. The Labute approximate surface area is 153 Å². The van der Waals surface area contributed by atoms with E-state index in [4.69, 9.17) is 9.47 Å². The lowest BCUT2D eigenvalue weighted by atomic mass is 9.99. The van der Waals surface area contributed by atoms with Crippen molar-refractivity contribution >= 4 is 11.6 Å². The molecule has 0 spiro atoms. The summed E-state index contributed by atoms with van der Waals surface area (Å²) in [6, 6.07) is 17.8. The zero-order valence-corrected chi connectivity index (χ0v) is 14.9. The Kier molecular flexibility index (Phi) is 4.91. The van der Waals surface area contributed by atoms with Crippen molar-refractivity contribution in [3.8, 4) is 5.75 Å². The van der Waals surface area contributed by atoms with Crippen LogP contribution in [0.15, 0.2) is 54.6 Å². The second-order valence-corrected chi connectivity index (χ2v) is 7.04. The van der Waals surface area contributed by atoms with Crippen molar-refractivity contribution in [3.63, 3.8) is 0 Å². The number of hydrogen-bond acceptors (Lipinski definition) is 4. The Morgan fingerprint density at radius 2 is 2.04 bits per heavy atom. The van der Waals surface area contributed by atoms with Gasteiger partial charge in [0.25, 0.3) is 0 Å². The maximum Gasteiger partial charge on any atom is 0.230 e. The van der Waals surface area contributed by atoms with Gasteiger partial charge in [-0.2, -0.15) is 0 Å². The van der Waals surface area contributed by atoms with Crippen molar-refractivity contribution in [3.05, 3.63) is 60.2 Å². The van der Waals surface area contributed by atoms with E-state index in [0.717, 1.165) is 37.5 Å². The van der Waals surface area contributed by atoms with Crippen LogP contribution in [0, 0.1) is 5.92 Å². The van der Waals surface area contributed by atoms with E-state index in [9.17, 15) is 4.79 Å². The Morgan fingerprint density at radius 1 is 1.19 bits per heavy atom. The van der Waals surface area contributed by atoms with E-state index in [-0.39, 0.29) is 24.0 Å². The van der Waals surface area contributed by atoms with Gasteiger partial charge in [-0.1, -0.05) is 30.3 Å². The van der Waals surface area contributed by atoms with Crippen molar-refractivity contribution in [2.75, 3.05) is 25.5 Å². The number of anilines is 1. The fourth-order valence-electron chi connectivity index (χ4n) is 3.93. The number of para-hydroxylation sites is 1. The van der Waals surface area contributed by atoms with Crippen LogP contribution < -0.4 is 10.1 Å². The minimum absolute atomic E-state index is 0.0388. The molecule has 1 N–H and O–H groups in total. The number of amides is 1. The highest BCUT2D eigenvalue weighted by atomic mass is 16.5. The van der Waals surface area contributed by atoms with Gasteiger partial charge in [0.2, 0.25) is 5.91 Å². The fourth-order valence-corrected chi connectivity index (χ4v) is 3.93. The van der Waals surface area contributed by atoms with E-state index in [2.05, 4.69) is 22.3 Å². The van der Waals surface area contributed by atoms with Crippen LogP contribution in [0.3, 0.4) is 0 Å². The van der Waals surface area contributed by atoms with E-state index in [1.165, 1.54) is 5.56 Å². The molecule has 2 saturated heterocycles. The van der Waals surface area contributed by atoms with Gasteiger partial charge in [-0.25, -0.2) is 0 Å². The molecule has 0 aliphatic carbocycles. The molecule has 2 aromatic rings. The van der Waals surface area contributed by atoms with Crippen molar-refractivity contribution < 1.29 is 14.3 Å². The third kappa shape index (κ3) is 3.74. The van der Waals surface area contributed by atoms with Crippen LogP contribution in [0.1, 0.15) is 12.0 Å². The smallest absolute Gasteiger partial charge is 0.230 e. The first kappa shape index (κ1) is 17.1. The van der Waals surface area contributed by atoms with Crippen LogP contribution in [0.2, 0.25) is 0 Å². The summed E-state index contributed by atoms with van der Waals surface area (Å²) >= 11 is 0. The van der Waals surface area contributed by atoms with Gasteiger partial charge in [0.1, 0.15) is 5.75 Å². The number of nitrogens with one attached hydrogen (secondary N) is 1. The zero-order chi connectivity index (χ0) is 17.9. The molecule has 2 heterocycles. The van der Waals surface area contributed by atoms with Crippen LogP contribution in [-0.4, -0.2) is 43.2 Å². The van der Waals surface area contributed by atoms with Crippen LogP contribution in [-0.2, 0) is 16.1 Å². The third-order valence-corrected chi connectivity index (χ3v) is 5.15. The molecular formula is C21H24N2O3. The number of methoxy groups -OCH3 is 1. The molecule has 2 aliphatic rings. The molecule has 0 radical (unpaired) electrons. The Morgan fingerprint density at radius 3 is 2.85 bits per heavy atom. The Bertz CT molecular complexity index is 765. The van der Waals surface area contributed by atoms with Gasteiger partial charge in [-0.15, -0.1) is 0 Å². The van der Waals surface area contributed by atoms with Gasteiger partial charge in [-0.05, 0) is 36.2 Å². The maximum absolute atomic E-state index is 12.7. The summed E-state index contributed by atoms with van der Waals surface area (Å²) < 4.78 is 11.4. The number of morpholine rings is 1. The monoisotopic (exact) mass is 352 g/mol. The number of carbonyl (C=O) groups is 1. The summed E-state index contributed by atoms with van der Waals surface area (Å²) in [5, 5.41) is 3.02. The van der Waals surface area contributed by atoms with E-state index < -0.39 is 0 Å². The molecule has 0 unspecified atom stereocenters. The molecule has 2 bridgehead atoms. The molecule has 2 fully saturated rings. The molecule has 5 heteroatoms. The largest absolute Gasteiger partial charge is 0.497 e. The molecular weight excluding hydrogens is 328 g/mol. The summed E-state index contributed by atoms with van der Waals surface area (Å²) in [4.78, 5) is 15.1. The SMILES string of the molecule is COc1cccc(CN2C[C@H]3C[C@H](C(=O)Nc4ccccc4)[C@@H](C2)O3)c1. The molecule has 3 atom stereocenters. The van der Waals surface area contributed by atoms with Gasteiger partial charge in [-0.3, -0.25) is 9.69 Å². The molecule has 5 nitrogen and oxygen atoms in total. The lowest BCUT2D eigenvalue weighted by Crippen LogP contribution is -2.44. The quantitative estimate of drug-likeness (QED) is 0.899. The molecule has 2 aliphatic heterocycles. The second kappa shape index (κ2) is 7.48. The molecule has 2 aromatic carbocycles. The standard InChI is InChI=1S/C21H24N2O3/c1-25-17-9-5-6-15(10-17)12-23-13-18-11-19(20(14-23)26-18)21(24)22-16-7-3-2-4-8-16/h2-10,18-20H,11-14H2,1H3,(H,22,24)/t18-,19+,20-/m1/s1. The minimum Gasteiger partial charge on any atom is -0.497 e. The number of rotatable bonds is 5. The highest BCUT2D eigenvalue weighted by molar-refractivity contribution is 5.93. The van der Waals surface area contributed by atoms with Crippen LogP contribution in [0.25, 0.3) is 0 Å². The first-order valence-electron chi connectivity index (χ1n) is 9.08. The van der Waals surface area contributed by atoms with Crippen LogP contribution >= 0.6 is 0 Å². The van der Waals surface area contributed by atoms with E-state index >= 15 is 0 Å². The number of likely N-dealkylation sites (tertiary alicyclic amines) is 1. The molecule has 0 aromatic heterocycles. The summed E-state index contributed by atoms with van der Waals surface area (Å²) in [5.74, 6) is 0.848. The first-order valence-corrected chi connectivity index (χ1v) is 9.08. The van der Waals surface area contributed by atoms with E-state index in [0.29, 0.717) is 0 Å². The number of nitrogens with zero attached hydrogens (tertiary/aromatic N) is 1. The van der Waals surface area contributed by atoms with Crippen molar-refractivity contribution in [2.45, 2.75) is 25.2 Å². The predicted octanol–water partition coefficient (Wildman–Crippen LogP) is 2.92. The minimum atomic E-state index is -0.0875. The summed E-state index contributed by atoms with van der Waals surface area (Å²) in [6.45, 7) is 2.49. The molecule has 26 heavy (non-hydrogen) atoms. The summed E-state index contributed by atoms with van der Waals surface area (Å²) in [6.07, 6.45) is 0.881. The second-order valence-electron chi connectivity index (χ2n) is 7.04. The predicted molar refractivity (Wildman–Crippen MR) is 100 cm³/mol. The summed E-state index contributed by atoms with van der Waals surface area (Å²) in [7, 11) is 1.68. The molecule has 0 saturated carbocycles. The first-order chi connectivity index (χ1) is 12.7. The average molecular weight is 352 g/mol. The average Bonchev–Trinajstić information content (AvgIpc) is 2.97. The van der Waals surface area contributed by atoms with Crippen molar-refractivity contribution in [1.29, 1.82) is 0 Å². The van der Waals surface area contributed by atoms with E-state index in [1.54, 1.807) is 7.11 Å². The fraction of sp³-hybridized carbons (Fsp3) is 0.381. The molecule has 136 valence electrons. The Balaban J connectivity index is 1.39. The van der Waals surface area contributed by atoms with Gasteiger partial charge in [0.05, 0.1) is 25.2 Å². The van der Waals surface area contributed by atoms with Gasteiger partial charge < -0.3 is 14.8 Å². The number of carbonyl (C=O) groups excluding carboxylic acids is 1. The lowest BCUT2D eigenvalue weighted by molar-refractivity contribution is -0.123. The number of hydrogen-bond donors (Lipinski definition) is 1. The van der Waals surface area contributed by atoms with E-state index in [1.807, 2.05) is 42.5 Å². The van der Waals surface area contributed by atoms with Crippen LogP contribution in [0.4, 0.5) is 5.69 Å². The highest BCUT2D eigenvalue weighted by Crippen LogP contribution is 2.33. The lowest BCUT2D eigenvalue weighted by Gasteiger charge is -2.32. The maximum atomic E-state index is 12.7. The summed E-state index contributed by atoms with van der Waals surface area (Å²) in [5.41, 5.74) is 2.06. The number of ether oxygens (including phenoxy) is 2. The van der Waals surface area contributed by atoms with Crippen molar-refractivity contribution in [2.24, 2.45) is 5.92 Å². The van der Waals surface area contributed by atoms with Crippen molar-refractivity contribution in [1.82, 2.24) is 4.90 Å². The zero-order valence-electron chi connectivity index (χ0n) is 14.9. The third-order valence-electron chi connectivity index (χ3n) is 5.15. The Hall–Kier alpha value is -2.37. The topological polar surface area (TPSA) is 50.8 Å². The number of benzene rings is 2. The van der Waals surface area contributed by atoms with Gasteiger partial charge in [0, 0.05) is 25.3 Å². The normalized spacial score (nSPS) is 25.0. The van der Waals surface area contributed by atoms with Crippen LogP contribution in [0.5, 0.6) is 5.75 Å². The van der Waals surface area contributed by atoms with Gasteiger partial charge >= 0.3 is 0 Å². The molecule has 1 amide bonds.